The van der Waals surface area contributed by atoms with Crippen molar-refractivity contribution in [2.24, 2.45) is 10.9 Å². The van der Waals surface area contributed by atoms with Gasteiger partial charge in [0.25, 0.3) is 0 Å². The molecule has 0 aliphatic carbocycles. The van der Waals surface area contributed by atoms with Crippen LogP contribution in [-0.4, -0.2) is 41.2 Å². The Morgan fingerprint density at radius 2 is 2.17 bits per heavy atom. The van der Waals surface area contributed by atoms with Gasteiger partial charge in [0.1, 0.15) is 11.9 Å². The lowest BCUT2D eigenvalue weighted by Gasteiger charge is -2.21. The first-order chi connectivity index (χ1) is 10.8. The van der Waals surface area contributed by atoms with Crippen molar-refractivity contribution in [3.8, 4) is 5.75 Å². The van der Waals surface area contributed by atoms with E-state index >= 15 is 0 Å². The van der Waals surface area contributed by atoms with E-state index in [0.717, 1.165) is 5.56 Å². The van der Waals surface area contributed by atoms with Crippen molar-refractivity contribution in [3.05, 3.63) is 23.0 Å². The van der Waals surface area contributed by atoms with Crippen molar-refractivity contribution in [2.75, 3.05) is 7.05 Å². The van der Waals surface area contributed by atoms with Crippen molar-refractivity contribution in [2.45, 2.75) is 39.8 Å². The molecule has 3 N–H and O–H groups in total. The Labute approximate surface area is 136 Å². The van der Waals surface area contributed by atoms with Gasteiger partial charge in [0.05, 0.1) is 5.69 Å². The Hall–Kier alpha value is -2.28. The zero-order valence-electron chi connectivity index (χ0n) is 13.9. The van der Waals surface area contributed by atoms with E-state index in [4.69, 9.17) is 5.41 Å². The Bertz CT molecular complexity index is 614. The minimum Gasteiger partial charge on any atom is -0.550 e. The van der Waals surface area contributed by atoms with Gasteiger partial charge in [-0.05, 0) is 39.3 Å². The molecule has 2 unspecified atom stereocenters. The zero-order valence-corrected chi connectivity index (χ0v) is 13.9. The Morgan fingerprint density at radius 3 is 2.74 bits per heavy atom. The van der Waals surface area contributed by atoms with E-state index < -0.39 is 12.1 Å². The molecule has 0 spiro atoms. The van der Waals surface area contributed by atoms with Crippen LogP contribution in [0.5, 0.6) is 5.75 Å². The number of rotatable bonds is 8. The van der Waals surface area contributed by atoms with Crippen molar-refractivity contribution in [3.63, 3.8) is 0 Å². The van der Waals surface area contributed by atoms with E-state index in [0.29, 0.717) is 11.3 Å². The lowest BCUT2D eigenvalue weighted by Crippen LogP contribution is -2.35. The molecule has 0 saturated carbocycles. The number of carboxylic acids is 1. The summed E-state index contributed by atoms with van der Waals surface area (Å²) in [5.74, 6) is -1.36. The number of carbonyl (C=O) groups is 1. The second-order valence-corrected chi connectivity index (χ2v) is 5.49. The average Bonchev–Trinajstić information content (AvgIpc) is 2.51. The van der Waals surface area contributed by atoms with Crippen LogP contribution in [0.2, 0.25) is 0 Å². The smallest absolute Gasteiger partial charge is 0.145 e. The molecule has 1 heterocycles. The van der Waals surface area contributed by atoms with E-state index in [9.17, 15) is 15.0 Å². The quantitative estimate of drug-likeness (QED) is 0.604. The molecule has 0 aliphatic heterocycles. The summed E-state index contributed by atoms with van der Waals surface area (Å²) in [5.41, 5.74) is 2.20. The maximum absolute atomic E-state index is 10.5. The summed E-state index contributed by atoms with van der Waals surface area (Å²) < 4.78 is 0. The van der Waals surface area contributed by atoms with Crippen molar-refractivity contribution >= 4 is 17.9 Å². The molecule has 1 aromatic heterocycles. The molecule has 0 bridgehead atoms. The molecule has 0 aromatic carbocycles. The van der Waals surface area contributed by atoms with Gasteiger partial charge in [-0.2, -0.15) is 0 Å². The van der Waals surface area contributed by atoms with Crippen LogP contribution in [0.4, 0.5) is 0 Å². The van der Waals surface area contributed by atoms with Crippen LogP contribution >= 0.6 is 0 Å². The number of carboxylic acid groups (broad SMARTS) is 1. The highest BCUT2D eigenvalue weighted by atomic mass is 16.4. The molecule has 0 amide bonds. The predicted octanol–water partition coefficient (Wildman–Crippen LogP) is 0.554. The fourth-order valence-electron chi connectivity index (χ4n) is 2.13. The van der Waals surface area contributed by atoms with E-state index in [1.807, 2.05) is 6.92 Å². The maximum Gasteiger partial charge on any atom is 0.145 e. The normalized spacial score (nSPS) is 13.9. The van der Waals surface area contributed by atoms with Crippen LogP contribution in [0.1, 0.15) is 36.6 Å². The van der Waals surface area contributed by atoms with E-state index in [2.05, 4.69) is 15.3 Å². The fraction of sp³-hybridized carbons (Fsp3) is 0.500. The number of aryl methyl sites for hydroxylation is 2. The lowest BCUT2D eigenvalue weighted by molar-refractivity contribution is -0.305. The second-order valence-electron chi connectivity index (χ2n) is 5.49. The van der Waals surface area contributed by atoms with Gasteiger partial charge in [0.15, 0.2) is 0 Å². The molecule has 126 valence electrons. The van der Waals surface area contributed by atoms with Crippen LogP contribution < -0.4 is 10.4 Å². The third-order valence-electron chi connectivity index (χ3n) is 3.76. The van der Waals surface area contributed by atoms with Crippen LogP contribution in [-0.2, 0) is 4.79 Å². The topological polar surface area (TPSA) is 121 Å². The van der Waals surface area contributed by atoms with Gasteiger partial charge in [-0.3, -0.25) is 15.3 Å². The number of aromatic nitrogens is 1. The number of aliphatic imine (C=N–C) groups is 1. The molecule has 7 heteroatoms. The third-order valence-corrected chi connectivity index (χ3v) is 3.76. The molecular formula is C16H23N4O3-. The highest BCUT2D eigenvalue weighted by Gasteiger charge is 2.18. The van der Waals surface area contributed by atoms with Gasteiger partial charge in [-0.1, -0.05) is 6.92 Å². The molecular weight excluding hydrogens is 296 g/mol. The van der Waals surface area contributed by atoms with Crippen LogP contribution in [0, 0.1) is 25.2 Å². The molecule has 0 saturated heterocycles. The standard InChI is InChI=1S/C16H24N4O3/c1-9-7-19-11(3)15(23)12(9)8-20-16(18-4)10(2)13(17)5-6-14(21)22/h7-8,10,16-18,23H,5-6H2,1-4H3,(H,21,22)/p-1. The van der Waals surface area contributed by atoms with Crippen molar-refractivity contribution in [1.29, 1.82) is 5.41 Å². The Morgan fingerprint density at radius 1 is 1.52 bits per heavy atom. The van der Waals surface area contributed by atoms with Gasteiger partial charge >= 0.3 is 0 Å². The van der Waals surface area contributed by atoms with E-state index in [-0.39, 0.29) is 30.2 Å². The van der Waals surface area contributed by atoms with Gasteiger partial charge in [-0.15, -0.1) is 0 Å². The molecule has 7 nitrogen and oxygen atoms in total. The number of pyridine rings is 1. The molecule has 1 aromatic rings. The number of nitrogens with zero attached hydrogens (tertiary/aromatic N) is 2. The summed E-state index contributed by atoms with van der Waals surface area (Å²) in [6, 6.07) is 0. The highest BCUT2D eigenvalue weighted by Crippen LogP contribution is 2.21. The summed E-state index contributed by atoms with van der Waals surface area (Å²) in [7, 11) is 1.72. The average molecular weight is 319 g/mol. The SMILES string of the molecule is CNC(N=Cc1c(C)cnc(C)c1O)C(C)C(=N)CCC(=O)[O-]. The molecule has 0 radical (unpaired) electrons. The van der Waals surface area contributed by atoms with Gasteiger partial charge in [0, 0.05) is 35.6 Å². The second kappa shape index (κ2) is 8.38. The van der Waals surface area contributed by atoms with Crippen molar-refractivity contribution in [1.82, 2.24) is 10.3 Å². The van der Waals surface area contributed by atoms with Crippen LogP contribution in [0.25, 0.3) is 0 Å². The Balaban J connectivity index is 2.89. The Kier molecular flexibility index (Phi) is 6.84. The fourth-order valence-corrected chi connectivity index (χ4v) is 2.13. The number of hydrogen-bond donors (Lipinski definition) is 3. The predicted molar refractivity (Wildman–Crippen MR) is 86.9 cm³/mol. The number of nitrogens with one attached hydrogen (secondary N) is 2. The summed E-state index contributed by atoms with van der Waals surface area (Å²) in [4.78, 5) is 19.0. The largest absolute Gasteiger partial charge is 0.550 e. The first-order valence-electron chi connectivity index (χ1n) is 7.40. The monoisotopic (exact) mass is 319 g/mol. The van der Waals surface area contributed by atoms with E-state index in [1.54, 1.807) is 33.3 Å². The summed E-state index contributed by atoms with van der Waals surface area (Å²) in [6.07, 6.45) is 2.79. The number of aliphatic carboxylic acids is 1. The third kappa shape index (κ3) is 5.14. The minimum atomic E-state index is -1.17. The number of carbonyl (C=O) groups excluding carboxylic acids is 1. The van der Waals surface area contributed by atoms with E-state index in [1.165, 1.54) is 0 Å². The maximum atomic E-state index is 10.5. The molecule has 1 rings (SSSR count). The first kappa shape index (κ1) is 18.8. The zero-order chi connectivity index (χ0) is 17.6. The first-order valence-corrected chi connectivity index (χ1v) is 7.40. The van der Waals surface area contributed by atoms with Crippen molar-refractivity contribution < 1.29 is 15.0 Å². The van der Waals surface area contributed by atoms with Crippen LogP contribution in [0.15, 0.2) is 11.2 Å². The minimum absolute atomic E-state index is 0.0864. The summed E-state index contributed by atoms with van der Waals surface area (Å²) in [6.45, 7) is 5.34. The summed E-state index contributed by atoms with van der Waals surface area (Å²) in [5, 5.41) is 31.5. The molecule has 0 fully saturated rings. The van der Waals surface area contributed by atoms with Gasteiger partial charge < -0.3 is 20.4 Å². The van der Waals surface area contributed by atoms with Gasteiger partial charge in [0.2, 0.25) is 0 Å². The molecule has 0 aliphatic rings. The molecule has 23 heavy (non-hydrogen) atoms. The highest BCUT2D eigenvalue weighted by molar-refractivity contribution is 5.88. The van der Waals surface area contributed by atoms with Crippen LogP contribution in [0.3, 0.4) is 0 Å². The number of hydrogen-bond acceptors (Lipinski definition) is 7. The number of aromatic hydroxyl groups is 1. The lowest BCUT2D eigenvalue weighted by atomic mass is 9.98. The summed E-state index contributed by atoms with van der Waals surface area (Å²) >= 11 is 0. The molecule has 2 atom stereocenters. The van der Waals surface area contributed by atoms with Gasteiger partial charge in [-0.25, -0.2) is 0 Å².